The fourth-order valence-electron chi connectivity index (χ4n) is 1.62. The van der Waals surface area contributed by atoms with E-state index in [1.165, 1.54) is 0 Å². The van der Waals surface area contributed by atoms with Crippen LogP contribution in [0.2, 0.25) is 0 Å². The maximum Gasteiger partial charge on any atom is 0.0786 e. The maximum absolute atomic E-state index is 8.94. The van der Waals surface area contributed by atoms with E-state index in [0.717, 1.165) is 5.57 Å². The molecule has 1 rings (SSSR count). The van der Waals surface area contributed by atoms with E-state index in [1.54, 1.807) is 7.11 Å². The van der Waals surface area contributed by atoms with Crippen molar-refractivity contribution in [3.05, 3.63) is 11.6 Å². The number of rotatable bonds is 2. The van der Waals surface area contributed by atoms with Gasteiger partial charge in [0.2, 0.25) is 0 Å². The highest BCUT2D eigenvalue weighted by molar-refractivity contribution is 5.18. The van der Waals surface area contributed by atoms with Gasteiger partial charge in [0, 0.05) is 7.11 Å². The first kappa shape index (κ1) is 8.75. The molecule has 1 aliphatic carbocycles. The molecule has 0 bridgehead atoms. The Kier molecular flexibility index (Phi) is 2.68. The molecule has 0 saturated heterocycles. The van der Waals surface area contributed by atoms with Crippen LogP contribution in [0.1, 0.15) is 13.8 Å². The summed E-state index contributed by atoms with van der Waals surface area (Å²) >= 11 is 0. The fraction of sp³-hybridized carbons (Fsp3) is 0.778. The summed E-state index contributed by atoms with van der Waals surface area (Å²) in [6.45, 7) is 4.45. The van der Waals surface area contributed by atoms with Crippen molar-refractivity contribution in [2.75, 3.05) is 13.7 Å². The van der Waals surface area contributed by atoms with Crippen molar-refractivity contribution in [1.82, 2.24) is 0 Å². The van der Waals surface area contributed by atoms with Crippen LogP contribution in [0.3, 0.4) is 0 Å². The van der Waals surface area contributed by atoms with Gasteiger partial charge in [0.1, 0.15) is 0 Å². The molecule has 0 aromatic carbocycles. The highest BCUT2D eigenvalue weighted by Gasteiger charge is 2.29. The number of aliphatic hydroxyl groups excluding tert-OH is 1. The lowest BCUT2D eigenvalue weighted by molar-refractivity contribution is 0.0930. The van der Waals surface area contributed by atoms with E-state index in [-0.39, 0.29) is 12.7 Å². The van der Waals surface area contributed by atoms with Crippen molar-refractivity contribution in [1.29, 1.82) is 0 Å². The summed E-state index contributed by atoms with van der Waals surface area (Å²) in [5, 5.41) is 8.94. The molecule has 1 aliphatic rings. The lowest BCUT2D eigenvalue weighted by atomic mass is 9.94. The molecule has 0 radical (unpaired) electrons. The summed E-state index contributed by atoms with van der Waals surface area (Å²) in [5.41, 5.74) is 1.12. The van der Waals surface area contributed by atoms with E-state index in [2.05, 4.69) is 13.8 Å². The first-order chi connectivity index (χ1) is 5.20. The molecule has 0 aromatic heterocycles. The Balaban J connectivity index is 2.68. The Hall–Kier alpha value is -0.340. The average Bonchev–Trinajstić information content (AvgIpc) is 2.30. The molecule has 64 valence electrons. The number of methoxy groups -OCH3 is 1. The molecule has 3 atom stereocenters. The first-order valence-electron chi connectivity index (χ1n) is 4.05. The molecule has 0 aromatic rings. The average molecular weight is 156 g/mol. The van der Waals surface area contributed by atoms with Gasteiger partial charge in [0.25, 0.3) is 0 Å². The van der Waals surface area contributed by atoms with Crippen LogP contribution < -0.4 is 0 Å². The van der Waals surface area contributed by atoms with Gasteiger partial charge in [0.05, 0.1) is 12.7 Å². The smallest absolute Gasteiger partial charge is 0.0786 e. The third kappa shape index (κ3) is 1.47. The normalized spacial score (nSPS) is 37.5. The van der Waals surface area contributed by atoms with Crippen LogP contribution in [0.25, 0.3) is 0 Å². The molecule has 0 amide bonds. The molecule has 0 spiro atoms. The molecule has 0 heterocycles. The van der Waals surface area contributed by atoms with E-state index in [0.29, 0.717) is 11.8 Å². The van der Waals surface area contributed by atoms with Gasteiger partial charge in [-0.2, -0.15) is 0 Å². The van der Waals surface area contributed by atoms with Crippen molar-refractivity contribution in [2.45, 2.75) is 20.0 Å². The quantitative estimate of drug-likeness (QED) is 0.609. The predicted molar refractivity (Wildman–Crippen MR) is 44.3 cm³/mol. The van der Waals surface area contributed by atoms with Crippen LogP contribution in [0.4, 0.5) is 0 Å². The van der Waals surface area contributed by atoms with Crippen LogP contribution in [0.5, 0.6) is 0 Å². The zero-order valence-electron chi connectivity index (χ0n) is 7.37. The lowest BCUT2D eigenvalue weighted by Crippen LogP contribution is -2.17. The van der Waals surface area contributed by atoms with Crippen LogP contribution in [-0.4, -0.2) is 24.9 Å². The molecule has 1 N–H and O–H groups in total. The Bertz CT molecular complexity index is 163. The number of ether oxygens (including phenoxy) is 1. The van der Waals surface area contributed by atoms with E-state index < -0.39 is 0 Å². The van der Waals surface area contributed by atoms with Crippen LogP contribution in [0, 0.1) is 11.8 Å². The van der Waals surface area contributed by atoms with Crippen molar-refractivity contribution >= 4 is 0 Å². The Morgan fingerprint density at radius 3 is 2.45 bits per heavy atom. The van der Waals surface area contributed by atoms with Crippen molar-refractivity contribution in [3.8, 4) is 0 Å². The van der Waals surface area contributed by atoms with Gasteiger partial charge in [-0.1, -0.05) is 19.9 Å². The summed E-state index contributed by atoms with van der Waals surface area (Å²) in [6, 6.07) is 0. The Labute approximate surface area is 67.9 Å². The van der Waals surface area contributed by atoms with E-state index in [4.69, 9.17) is 9.84 Å². The monoisotopic (exact) mass is 156 g/mol. The van der Waals surface area contributed by atoms with Gasteiger partial charge in [-0.25, -0.2) is 0 Å². The summed E-state index contributed by atoms with van der Waals surface area (Å²) < 4.78 is 5.24. The topological polar surface area (TPSA) is 29.5 Å². The molecular formula is C9H16O2. The van der Waals surface area contributed by atoms with Crippen LogP contribution in [0.15, 0.2) is 11.6 Å². The zero-order chi connectivity index (χ0) is 8.43. The van der Waals surface area contributed by atoms with E-state index in [1.807, 2.05) is 6.08 Å². The number of aliphatic hydroxyl groups is 1. The van der Waals surface area contributed by atoms with Gasteiger partial charge < -0.3 is 9.84 Å². The zero-order valence-corrected chi connectivity index (χ0v) is 7.37. The minimum atomic E-state index is 0.172. The first-order valence-corrected chi connectivity index (χ1v) is 4.05. The molecule has 2 nitrogen and oxygen atoms in total. The Morgan fingerprint density at radius 1 is 1.55 bits per heavy atom. The third-order valence-corrected chi connectivity index (χ3v) is 2.72. The minimum Gasteiger partial charge on any atom is -0.392 e. The highest BCUT2D eigenvalue weighted by Crippen LogP contribution is 2.32. The molecule has 0 saturated carbocycles. The highest BCUT2D eigenvalue weighted by atomic mass is 16.5. The largest absolute Gasteiger partial charge is 0.392 e. The second-order valence-electron chi connectivity index (χ2n) is 3.25. The molecule has 3 unspecified atom stereocenters. The van der Waals surface area contributed by atoms with Crippen LogP contribution in [-0.2, 0) is 4.74 Å². The summed E-state index contributed by atoms with van der Waals surface area (Å²) in [7, 11) is 1.71. The van der Waals surface area contributed by atoms with Gasteiger partial charge >= 0.3 is 0 Å². The number of hydrogen-bond acceptors (Lipinski definition) is 2. The Morgan fingerprint density at radius 2 is 2.18 bits per heavy atom. The standard InChI is InChI=1S/C9H16O2/c1-6-7(2)9(11-3)4-8(6)5-10/h4,6-7,9-10H,5H2,1-3H3. The number of hydrogen-bond donors (Lipinski definition) is 1. The van der Waals surface area contributed by atoms with Crippen molar-refractivity contribution < 1.29 is 9.84 Å². The van der Waals surface area contributed by atoms with E-state index in [9.17, 15) is 0 Å². The maximum atomic E-state index is 8.94. The van der Waals surface area contributed by atoms with Crippen molar-refractivity contribution in [2.24, 2.45) is 11.8 Å². The van der Waals surface area contributed by atoms with Crippen LogP contribution >= 0.6 is 0 Å². The molecule has 0 fully saturated rings. The third-order valence-electron chi connectivity index (χ3n) is 2.72. The van der Waals surface area contributed by atoms with Gasteiger partial charge in [-0.15, -0.1) is 0 Å². The van der Waals surface area contributed by atoms with Gasteiger partial charge in [-0.3, -0.25) is 0 Å². The van der Waals surface area contributed by atoms with Gasteiger partial charge in [-0.05, 0) is 17.4 Å². The SMILES string of the molecule is COC1C=C(CO)C(C)C1C. The minimum absolute atomic E-state index is 0.172. The molecule has 11 heavy (non-hydrogen) atoms. The second-order valence-corrected chi connectivity index (χ2v) is 3.25. The van der Waals surface area contributed by atoms with Gasteiger partial charge in [0.15, 0.2) is 0 Å². The molecule has 0 aliphatic heterocycles. The second kappa shape index (κ2) is 3.37. The summed E-state index contributed by atoms with van der Waals surface area (Å²) in [4.78, 5) is 0. The summed E-state index contributed by atoms with van der Waals surface area (Å²) in [5.74, 6) is 0.965. The van der Waals surface area contributed by atoms with Crippen molar-refractivity contribution in [3.63, 3.8) is 0 Å². The fourth-order valence-corrected chi connectivity index (χ4v) is 1.62. The lowest BCUT2D eigenvalue weighted by Gasteiger charge is -2.17. The summed E-state index contributed by atoms with van der Waals surface area (Å²) in [6.07, 6.45) is 2.24. The molecular weight excluding hydrogens is 140 g/mol. The van der Waals surface area contributed by atoms with E-state index >= 15 is 0 Å². The molecule has 2 heteroatoms. The predicted octanol–water partition coefficient (Wildman–Crippen LogP) is 1.21.